The van der Waals surface area contributed by atoms with Gasteiger partial charge in [0.25, 0.3) is 0 Å². The molecule has 1 aliphatic carbocycles. The fraction of sp³-hybridized carbons (Fsp3) is 0.312. The minimum atomic E-state index is 0.0147. The average Bonchev–Trinajstić information content (AvgIpc) is 2.41. The van der Waals surface area contributed by atoms with E-state index in [1.165, 1.54) is 10.0 Å². The molecule has 1 aromatic rings. The summed E-state index contributed by atoms with van der Waals surface area (Å²) < 4.78 is 5.83. The summed E-state index contributed by atoms with van der Waals surface area (Å²) in [5.74, 6) is 0.861. The second kappa shape index (κ2) is 6.23. The quantitative estimate of drug-likeness (QED) is 0.853. The summed E-state index contributed by atoms with van der Waals surface area (Å²) in [6.07, 6.45) is 2.92. The van der Waals surface area contributed by atoms with Gasteiger partial charge in [0, 0.05) is 0 Å². The van der Waals surface area contributed by atoms with Crippen molar-refractivity contribution in [1.29, 1.82) is 0 Å². The molecule has 1 aliphatic rings. The molecule has 0 saturated carbocycles. The van der Waals surface area contributed by atoms with Crippen molar-refractivity contribution in [2.75, 3.05) is 0 Å². The van der Waals surface area contributed by atoms with Crippen LogP contribution in [0.25, 0.3) is 0 Å². The molecule has 0 saturated heterocycles. The third-order valence-corrected chi connectivity index (χ3v) is 4.79. The SMILES string of the molecule is CC1=C(O)/C(=N/[Se]c2ccccc2)C=C(C(C)C)C1. The second-order valence-corrected chi connectivity index (χ2v) is 6.82. The van der Waals surface area contributed by atoms with Gasteiger partial charge >= 0.3 is 121 Å². The molecule has 2 rings (SSSR count). The van der Waals surface area contributed by atoms with Gasteiger partial charge in [-0.15, -0.1) is 0 Å². The third-order valence-electron chi connectivity index (χ3n) is 3.17. The van der Waals surface area contributed by atoms with E-state index >= 15 is 0 Å². The summed E-state index contributed by atoms with van der Waals surface area (Å²) in [4.78, 5) is 0. The first kappa shape index (κ1) is 14.1. The van der Waals surface area contributed by atoms with Crippen LogP contribution in [0.1, 0.15) is 27.2 Å². The zero-order chi connectivity index (χ0) is 13.8. The number of rotatable bonds is 3. The molecule has 0 fully saturated rings. The van der Waals surface area contributed by atoms with Crippen LogP contribution in [-0.4, -0.2) is 26.0 Å². The number of hydrogen-bond donors (Lipinski definition) is 1. The van der Waals surface area contributed by atoms with E-state index in [1.807, 2.05) is 25.1 Å². The molecule has 0 unspecified atom stereocenters. The number of benzene rings is 1. The van der Waals surface area contributed by atoms with E-state index < -0.39 is 0 Å². The minimum absolute atomic E-state index is 0.0147. The zero-order valence-electron chi connectivity index (χ0n) is 11.6. The molecule has 0 bridgehead atoms. The van der Waals surface area contributed by atoms with Gasteiger partial charge in [-0.2, -0.15) is 0 Å². The molecule has 0 spiro atoms. The standard InChI is InChI=1S/C16H19NOSe/c1-11(2)13-9-12(3)16(18)15(10-13)17-19-14-7-5-4-6-8-14/h4-8,10-11,18H,9H2,1-3H3/b17-15+. The summed E-state index contributed by atoms with van der Waals surface area (Å²) in [6, 6.07) is 10.2. The fourth-order valence-corrected chi connectivity index (χ4v) is 3.23. The van der Waals surface area contributed by atoms with Gasteiger partial charge in [0.15, 0.2) is 0 Å². The predicted octanol–water partition coefficient (Wildman–Crippen LogP) is 3.19. The van der Waals surface area contributed by atoms with E-state index in [4.69, 9.17) is 0 Å². The van der Waals surface area contributed by atoms with Gasteiger partial charge in [0.2, 0.25) is 0 Å². The first-order chi connectivity index (χ1) is 9.08. The monoisotopic (exact) mass is 321 g/mol. The number of aliphatic hydroxyl groups is 1. The maximum absolute atomic E-state index is 10.1. The zero-order valence-corrected chi connectivity index (χ0v) is 13.3. The van der Waals surface area contributed by atoms with Gasteiger partial charge < -0.3 is 0 Å². The van der Waals surface area contributed by atoms with Gasteiger partial charge in [0.05, 0.1) is 0 Å². The number of hydrogen-bond acceptors (Lipinski definition) is 2. The van der Waals surface area contributed by atoms with Crippen molar-refractivity contribution in [2.45, 2.75) is 27.2 Å². The van der Waals surface area contributed by atoms with Gasteiger partial charge in [-0.25, -0.2) is 0 Å². The Kier molecular flexibility index (Phi) is 4.62. The molecule has 1 aromatic carbocycles. The molecule has 0 aliphatic heterocycles. The van der Waals surface area contributed by atoms with Crippen molar-refractivity contribution < 1.29 is 5.11 Å². The molecule has 0 amide bonds. The van der Waals surface area contributed by atoms with E-state index in [9.17, 15) is 5.11 Å². The van der Waals surface area contributed by atoms with Crippen molar-refractivity contribution >= 4 is 25.3 Å². The van der Waals surface area contributed by atoms with Gasteiger partial charge in [-0.1, -0.05) is 0 Å². The second-order valence-electron chi connectivity index (χ2n) is 5.06. The third kappa shape index (κ3) is 3.59. The Bertz CT molecular complexity index is 541. The van der Waals surface area contributed by atoms with Crippen LogP contribution in [-0.2, 0) is 0 Å². The molecule has 100 valence electrons. The predicted molar refractivity (Wildman–Crippen MR) is 82.1 cm³/mol. The molecule has 0 heterocycles. The maximum atomic E-state index is 10.1. The topological polar surface area (TPSA) is 32.6 Å². The Hall–Kier alpha value is -1.31. The summed E-state index contributed by atoms with van der Waals surface area (Å²) >= 11 is 0.0147. The molecule has 2 nitrogen and oxygen atoms in total. The van der Waals surface area contributed by atoms with Crippen molar-refractivity contribution in [3.05, 3.63) is 53.3 Å². The van der Waals surface area contributed by atoms with Crippen molar-refractivity contribution in [3.63, 3.8) is 0 Å². The first-order valence-electron chi connectivity index (χ1n) is 6.47. The number of aliphatic hydroxyl groups excluding tert-OH is 1. The summed E-state index contributed by atoms with van der Waals surface area (Å²) in [6.45, 7) is 6.35. The van der Waals surface area contributed by atoms with E-state index in [1.54, 1.807) is 0 Å². The molecule has 1 N–H and O–H groups in total. The molecule has 0 radical (unpaired) electrons. The average molecular weight is 320 g/mol. The molecule has 0 aromatic heterocycles. The summed E-state index contributed by atoms with van der Waals surface area (Å²) in [5.41, 5.74) is 3.11. The van der Waals surface area contributed by atoms with Crippen LogP contribution in [0.2, 0.25) is 0 Å². The van der Waals surface area contributed by atoms with Crippen LogP contribution in [0.4, 0.5) is 0 Å². The Morgan fingerprint density at radius 1 is 1.21 bits per heavy atom. The van der Waals surface area contributed by atoms with Gasteiger partial charge in [0.1, 0.15) is 0 Å². The Labute approximate surface area is 121 Å². The van der Waals surface area contributed by atoms with Crippen LogP contribution < -0.4 is 4.46 Å². The van der Waals surface area contributed by atoms with Crippen LogP contribution in [0.15, 0.2) is 57.3 Å². The molecule has 0 atom stereocenters. The van der Waals surface area contributed by atoms with E-state index in [2.05, 4.69) is 36.1 Å². The first-order valence-corrected chi connectivity index (χ1v) is 8.10. The normalized spacial score (nSPS) is 18.1. The van der Waals surface area contributed by atoms with Crippen LogP contribution in [0.5, 0.6) is 0 Å². The Balaban J connectivity index is 2.23. The van der Waals surface area contributed by atoms with E-state index in [-0.39, 0.29) is 15.2 Å². The van der Waals surface area contributed by atoms with Crippen molar-refractivity contribution in [2.24, 2.45) is 9.93 Å². The van der Waals surface area contributed by atoms with E-state index in [0.717, 1.165) is 17.7 Å². The van der Waals surface area contributed by atoms with Crippen molar-refractivity contribution in [3.8, 4) is 0 Å². The molecule has 3 heteroatoms. The van der Waals surface area contributed by atoms with Crippen LogP contribution in [0, 0.1) is 5.92 Å². The fourth-order valence-electron chi connectivity index (χ4n) is 1.93. The number of nitrogens with zero attached hydrogens (tertiary/aromatic N) is 1. The molecular weight excluding hydrogens is 301 g/mol. The summed E-state index contributed by atoms with van der Waals surface area (Å²) in [5, 5.41) is 10.1. The molecular formula is C16H19NOSe. The van der Waals surface area contributed by atoms with Crippen LogP contribution in [0.3, 0.4) is 0 Å². The van der Waals surface area contributed by atoms with Gasteiger partial charge in [-0.3, -0.25) is 0 Å². The summed E-state index contributed by atoms with van der Waals surface area (Å²) in [7, 11) is 0. The Morgan fingerprint density at radius 2 is 1.89 bits per heavy atom. The molecule has 19 heavy (non-hydrogen) atoms. The Morgan fingerprint density at radius 3 is 2.53 bits per heavy atom. The van der Waals surface area contributed by atoms with Crippen molar-refractivity contribution in [1.82, 2.24) is 0 Å². The number of allylic oxidation sites excluding steroid dienone is 3. The van der Waals surface area contributed by atoms with Gasteiger partial charge in [-0.05, 0) is 0 Å². The van der Waals surface area contributed by atoms with E-state index in [0.29, 0.717) is 11.7 Å². The van der Waals surface area contributed by atoms with Crippen LogP contribution >= 0.6 is 0 Å².